The Balaban J connectivity index is 1.74. The minimum absolute atomic E-state index is 0.259. The van der Waals surface area contributed by atoms with Crippen molar-refractivity contribution in [3.05, 3.63) is 35.6 Å². The molecule has 1 N–H and O–H groups in total. The standard InChI is InChI=1S/C12H9N3O2S3/c1-18-12-15-14-11(20-12)13-10(16)8-5-7(6-17-8)9-3-2-4-19-9/h2-6H,1H3,(H,13,14,16). The first kappa shape index (κ1) is 13.3. The van der Waals surface area contributed by atoms with Gasteiger partial charge in [-0.05, 0) is 23.8 Å². The molecule has 0 unspecified atom stereocenters. The molecule has 20 heavy (non-hydrogen) atoms. The summed E-state index contributed by atoms with van der Waals surface area (Å²) < 4.78 is 6.11. The van der Waals surface area contributed by atoms with E-state index in [1.165, 1.54) is 23.1 Å². The highest BCUT2D eigenvalue weighted by molar-refractivity contribution is 8.00. The number of hydrogen-bond acceptors (Lipinski definition) is 7. The van der Waals surface area contributed by atoms with Crippen molar-refractivity contribution in [2.75, 3.05) is 11.6 Å². The van der Waals surface area contributed by atoms with E-state index in [-0.39, 0.29) is 11.7 Å². The van der Waals surface area contributed by atoms with Gasteiger partial charge >= 0.3 is 0 Å². The van der Waals surface area contributed by atoms with Crippen molar-refractivity contribution in [2.45, 2.75) is 4.34 Å². The summed E-state index contributed by atoms with van der Waals surface area (Å²) in [6.07, 6.45) is 3.49. The van der Waals surface area contributed by atoms with E-state index < -0.39 is 0 Å². The van der Waals surface area contributed by atoms with E-state index in [4.69, 9.17) is 4.42 Å². The molecule has 1 amide bonds. The Bertz CT molecular complexity index is 718. The summed E-state index contributed by atoms with van der Waals surface area (Å²) in [6.45, 7) is 0. The lowest BCUT2D eigenvalue weighted by Crippen LogP contribution is -2.10. The molecule has 102 valence electrons. The van der Waals surface area contributed by atoms with Gasteiger partial charge in [-0.1, -0.05) is 29.2 Å². The number of carbonyl (C=O) groups excluding carboxylic acids is 1. The molecule has 0 aliphatic heterocycles. The first-order valence-electron chi connectivity index (χ1n) is 5.57. The first-order valence-corrected chi connectivity index (χ1v) is 8.49. The van der Waals surface area contributed by atoms with E-state index in [0.29, 0.717) is 5.13 Å². The number of carbonyl (C=O) groups is 1. The number of nitrogens with one attached hydrogen (secondary N) is 1. The molecule has 3 heterocycles. The van der Waals surface area contributed by atoms with Crippen LogP contribution in [0.3, 0.4) is 0 Å². The Labute approximate surface area is 127 Å². The molecule has 0 aromatic carbocycles. The molecule has 0 atom stereocenters. The van der Waals surface area contributed by atoms with Crippen LogP contribution in [0.2, 0.25) is 0 Å². The number of thioether (sulfide) groups is 1. The quantitative estimate of drug-likeness (QED) is 0.584. The third kappa shape index (κ3) is 2.77. The third-order valence-corrected chi connectivity index (χ3v) is 5.16. The Kier molecular flexibility index (Phi) is 3.86. The number of amides is 1. The molecule has 3 aromatic heterocycles. The van der Waals surface area contributed by atoms with Crippen molar-refractivity contribution in [3.8, 4) is 10.4 Å². The van der Waals surface area contributed by atoms with Crippen LogP contribution >= 0.6 is 34.4 Å². The highest BCUT2D eigenvalue weighted by atomic mass is 32.2. The maximum absolute atomic E-state index is 12.0. The first-order chi connectivity index (χ1) is 9.76. The van der Waals surface area contributed by atoms with Gasteiger partial charge in [0.1, 0.15) is 6.26 Å². The zero-order valence-corrected chi connectivity index (χ0v) is 12.8. The maximum Gasteiger partial charge on any atom is 0.293 e. The highest BCUT2D eigenvalue weighted by Gasteiger charge is 2.15. The van der Waals surface area contributed by atoms with Crippen LogP contribution in [0.25, 0.3) is 10.4 Å². The topological polar surface area (TPSA) is 68.0 Å². The van der Waals surface area contributed by atoms with Gasteiger partial charge in [-0.2, -0.15) is 0 Å². The molecule has 0 bridgehead atoms. The van der Waals surface area contributed by atoms with E-state index in [9.17, 15) is 4.79 Å². The van der Waals surface area contributed by atoms with Crippen LogP contribution in [0.1, 0.15) is 10.6 Å². The fourth-order valence-electron chi connectivity index (χ4n) is 1.53. The van der Waals surface area contributed by atoms with Gasteiger partial charge in [-0.3, -0.25) is 10.1 Å². The SMILES string of the molecule is CSc1nnc(NC(=O)c2cc(-c3cccs3)co2)s1. The van der Waals surface area contributed by atoms with Crippen LogP contribution in [-0.2, 0) is 0 Å². The van der Waals surface area contributed by atoms with Gasteiger partial charge in [0.15, 0.2) is 10.1 Å². The number of furan rings is 1. The molecular formula is C12H9N3O2S3. The molecule has 0 fully saturated rings. The number of nitrogens with zero attached hydrogens (tertiary/aromatic N) is 2. The van der Waals surface area contributed by atoms with E-state index >= 15 is 0 Å². The Morgan fingerprint density at radius 3 is 3.05 bits per heavy atom. The number of thiophene rings is 1. The number of rotatable bonds is 4. The minimum Gasteiger partial charge on any atom is -0.458 e. The summed E-state index contributed by atoms with van der Waals surface area (Å²) in [5, 5.41) is 12.9. The van der Waals surface area contributed by atoms with Crippen LogP contribution in [0.5, 0.6) is 0 Å². The van der Waals surface area contributed by atoms with E-state index in [0.717, 1.165) is 14.8 Å². The predicted octanol–water partition coefficient (Wildman–Crippen LogP) is 3.83. The van der Waals surface area contributed by atoms with Gasteiger partial charge in [0.2, 0.25) is 5.13 Å². The van der Waals surface area contributed by atoms with Gasteiger partial charge in [-0.25, -0.2) is 0 Å². The summed E-state index contributed by atoms with van der Waals surface area (Å²) in [7, 11) is 0. The lowest BCUT2D eigenvalue weighted by molar-refractivity contribution is 0.0996. The van der Waals surface area contributed by atoms with Gasteiger partial charge in [0, 0.05) is 10.4 Å². The fourth-order valence-corrected chi connectivity index (χ4v) is 3.40. The average Bonchev–Trinajstić information content (AvgIpc) is 3.19. The molecule has 0 aliphatic rings. The zero-order valence-electron chi connectivity index (χ0n) is 10.3. The largest absolute Gasteiger partial charge is 0.458 e. The molecule has 0 saturated carbocycles. The number of anilines is 1. The van der Waals surface area contributed by atoms with Gasteiger partial charge in [-0.15, -0.1) is 21.5 Å². The molecule has 0 aliphatic carbocycles. The van der Waals surface area contributed by atoms with Gasteiger partial charge in [0.05, 0.1) is 0 Å². The summed E-state index contributed by atoms with van der Waals surface area (Å²) in [4.78, 5) is 13.1. The molecule has 8 heteroatoms. The summed E-state index contributed by atoms with van der Waals surface area (Å²) in [6, 6.07) is 5.66. The normalized spacial score (nSPS) is 10.7. The highest BCUT2D eigenvalue weighted by Crippen LogP contribution is 2.27. The van der Waals surface area contributed by atoms with Crippen LogP contribution in [-0.4, -0.2) is 22.4 Å². The molecule has 5 nitrogen and oxygen atoms in total. The fraction of sp³-hybridized carbons (Fsp3) is 0.0833. The van der Waals surface area contributed by atoms with Crippen LogP contribution in [0.4, 0.5) is 5.13 Å². The summed E-state index contributed by atoms with van der Waals surface area (Å²) in [5.41, 5.74) is 0.896. The van der Waals surface area contributed by atoms with Crippen molar-refractivity contribution >= 4 is 45.5 Å². The van der Waals surface area contributed by atoms with E-state index in [1.807, 2.05) is 23.8 Å². The van der Waals surface area contributed by atoms with Crippen molar-refractivity contribution in [1.82, 2.24) is 10.2 Å². The van der Waals surface area contributed by atoms with Crippen molar-refractivity contribution in [2.24, 2.45) is 0 Å². The number of hydrogen-bond donors (Lipinski definition) is 1. The molecular weight excluding hydrogens is 314 g/mol. The number of aromatic nitrogens is 2. The Hall–Kier alpha value is -1.64. The van der Waals surface area contributed by atoms with Crippen LogP contribution in [0, 0.1) is 0 Å². The lowest BCUT2D eigenvalue weighted by Gasteiger charge is -1.95. The predicted molar refractivity (Wildman–Crippen MR) is 81.7 cm³/mol. The van der Waals surface area contributed by atoms with Crippen LogP contribution in [0.15, 0.2) is 38.6 Å². The monoisotopic (exact) mass is 323 g/mol. The second-order valence-electron chi connectivity index (χ2n) is 3.71. The molecule has 0 spiro atoms. The summed E-state index contributed by atoms with van der Waals surface area (Å²) in [5.74, 6) is -0.0640. The van der Waals surface area contributed by atoms with E-state index in [2.05, 4.69) is 15.5 Å². The van der Waals surface area contributed by atoms with Gasteiger partial charge < -0.3 is 4.42 Å². The molecule has 3 aromatic rings. The maximum atomic E-state index is 12.0. The lowest BCUT2D eigenvalue weighted by atomic mass is 10.2. The smallest absolute Gasteiger partial charge is 0.293 e. The third-order valence-electron chi connectivity index (χ3n) is 2.43. The Morgan fingerprint density at radius 2 is 2.35 bits per heavy atom. The van der Waals surface area contributed by atoms with Crippen LogP contribution < -0.4 is 5.32 Å². The molecule has 3 rings (SSSR count). The Morgan fingerprint density at radius 1 is 1.45 bits per heavy atom. The van der Waals surface area contributed by atoms with Crippen molar-refractivity contribution < 1.29 is 9.21 Å². The second-order valence-corrected chi connectivity index (χ2v) is 6.69. The van der Waals surface area contributed by atoms with E-state index in [1.54, 1.807) is 23.7 Å². The minimum atomic E-state index is -0.323. The molecule has 0 radical (unpaired) electrons. The van der Waals surface area contributed by atoms with Crippen molar-refractivity contribution in [3.63, 3.8) is 0 Å². The van der Waals surface area contributed by atoms with Gasteiger partial charge in [0.25, 0.3) is 5.91 Å². The average molecular weight is 323 g/mol. The summed E-state index contributed by atoms with van der Waals surface area (Å²) >= 11 is 4.41. The molecule has 0 saturated heterocycles. The second kappa shape index (κ2) is 5.78. The zero-order chi connectivity index (χ0) is 13.9. The van der Waals surface area contributed by atoms with Crippen molar-refractivity contribution in [1.29, 1.82) is 0 Å².